The lowest BCUT2D eigenvalue weighted by molar-refractivity contribution is 0.493. The highest BCUT2D eigenvalue weighted by Gasteiger charge is 2.01. The van der Waals surface area contributed by atoms with Crippen LogP contribution in [-0.2, 0) is 6.54 Å². The summed E-state index contributed by atoms with van der Waals surface area (Å²) in [6, 6.07) is 7.85. The number of hydrogen-bond donors (Lipinski definition) is 1. The first kappa shape index (κ1) is 10.5. The molecule has 0 amide bonds. The lowest BCUT2D eigenvalue weighted by Gasteiger charge is -2.06. The highest BCUT2D eigenvalue weighted by atomic mass is 127. The van der Waals surface area contributed by atoms with Crippen LogP contribution in [0.3, 0.4) is 0 Å². The Morgan fingerprint density at radius 1 is 1.40 bits per heavy atom. The molecule has 0 atom stereocenters. The summed E-state index contributed by atoms with van der Waals surface area (Å²) >= 11 is 2.15. The molecule has 0 aliphatic rings. The average molecular weight is 314 g/mol. The maximum atomic E-state index is 5.45. The fraction of sp³-hybridized carbons (Fsp3) is 0.182. The van der Waals surface area contributed by atoms with E-state index in [0.717, 1.165) is 20.9 Å². The topological polar surface area (TPSA) is 38.1 Å². The predicted molar refractivity (Wildman–Crippen MR) is 67.7 cm³/mol. The Hall–Kier alpha value is -1.04. The van der Waals surface area contributed by atoms with Crippen molar-refractivity contribution >= 4 is 28.3 Å². The van der Waals surface area contributed by atoms with Crippen molar-refractivity contribution in [3.63, 3.8) is 0 Å². The van der Waals surface area contributed by atoms with Crippen molar-refractivity contribution in [2.75, 3.05) is 5.32 Å². The van der Waals surface area contributed by atoms with E-state index in [1.165, 1.54) is 0 Å². The van der Waals surface area contributed by atoms with Gasteiger partial charge in [0.25, 0.3) is 0 Å². The lowest BCUT2D eigenvalue weighted by Crippen LogP contribution is -2.00. The maximum absolute atomic E-state index is 5.45. The summed E-state index contributed by atoms with van der Waals surface area (Å²) in [6.45, 7) is 2.67. The first-order valence-electron chi connectivity index (χ1n) is 4.65. The van der Waals surface area contributed by atoms with Crippen LogP contribution in [0.2, 0.25) is 0 Å². The van der Waals surface area contributed by atoms with E-state index < -0.39 is 0 Å². The highest BCUT2D eigenvalue weighted by molar-refractivity contribution is 14.1. The molecule has 78 valence electrons. The van der Waals surface area contributed by atoms with Crippen molar-refractivity contribution in [3.05, 3.63) is 45.7 Å². The molecule has 2 heterocycles. The van der Waals surface area contributed by atoms with E-state index in [2.05, 4.69) is 32.9 Å². The van der Waals surface area contributed by atoms with Gasteiger partial charge >= 0.3 is 0 Å². The van der Waals surface area contributed by atoms with Crippen LogP contribution < -0.4 is 5.32 Å². The quantitative estimate of drug-likeness (QED) is 0.884. The van der Waals surface area contributed by atoms with Gasteiger partial charge in [0.2, 0.25) is 0 Å². The van der Waals surface area contributed by atoms with Crippen LogP contribution in [0.5, 0.6) is 0 Å². The van der Waals surface area contributed by atoms with Gasteiger partial charge in [-0.1, -0.05) is 0 Å². The van der Waals surface area contributed by atoms with E-state index >= 15 is 0 Å². The van der Waals surface area contributed by atoms with Crippen molar-refractivity contribution in [1.82, 2.24) is 4.98 Å². The van der Waals surface area contributed by atoms with Crippen molar-refractivity contribution in [2.24, 2.45) is 0 Å². The monoisotopic (exact) mass is 314 g/mol. The van der Waals surface area contributed by atoms with Crippen LogP contribution >= 0.6 is 22.6 Å². The molecule has 1 N–H and O–H groups in total. The summed E-state index contributed by atoms with van der Waals surface area (Å²) in [7, 11) is 0. The van der Waals surface area contributed by atoms with E-state index in [0.29, 0.717) is 6.54 Å². The van der Waals surface area contributed by atoms with Crippen LogP contribution in [0.1, 0.15) is 11.5 Å². The molecule has 0 spiro atoms. The third kappa shape index (κ3) is 2.71. The predicted octanol–water partition coefficient (Wildman–Crippen LogP) is 3.20. The third-order valence-electron chi connectivity index (χ3n) is 2.09. The van der Waals surface area contributed by atoms with Crippen LogP contribution in [0, 0.1) is 10.7 Å². The van der Waals surface area contributed by atoms with E-state index in [9.17, 15) is 0 Å². The van der Waals surface area contributed by atoms with E-state index in [-0.39, 0.29) is 0 Å². The fourth-order valence-corrected chi connectivity index (χ4v) is 1.76. The van der Waals surface area contributed by atoms with E-state index in [4.69, 9.17) is 4.42 Å². The maximum Gasteiger partial charge on any atom is 0.164 e. The number of halogens is 1. The molecule has 0 aliphatic heterocycles. The molecule has 2 rings (SSSR count). The number of pyridine rings is 1. The lowest BCUT2D eigenvalue weighted by atomic mass is 10.3. The molecule has 0 aliphatic carbocycles. The van der Waals surface area contributed by atoms with Gasteiger partial charge in [0.05, 0.1) is 17.9 Å². The number of hydrogen-bond acceptors (Lipinski definition) is 3. The molecule has 0 bridgehead atoms. The van der Waals surface area contributed by atoms with Gasteiger partial charge in [-0.2, -0.15) is 0 Å². The second kappa shape index (κ2) is 4.65. The number of anilines is 1. The first-order chi connectivity index (χ1) is 7.25. The number of nitrogens with one attached hydrogen (secondary N) is 1. The molecule has 4 heteroatoms. The van der Waals surface area contributed by atoms with Gasteiger partial charge in [0.15, 0.2) is 3.77 Å². The van der Waals surface area contributed by atoms with E-state index in [1.54, 1.807) is 6.20 Å². The Labute approximate surface area is 102 Å². The number of furan rings is 1. The minimum Gasteiger partial charge on any atom is -0.454 e. The van der Waals surface area contributed by atoms with Crippen LogP contribution in [0.4, 0.5) is 5.69 Å². The van der Waals surface area contributed by atoms with Gasteiger partial charge in [-0.15, -0.1) is 0 Å². The fourth-order valence-electron chi connectivity index (χ4n) is 1.30. The Morgan fingerprint density at radius 2 is 2.27 bits per heavy atom. The van der Waals surface area contributed by atoms with Crippen LogP contribution in [0.15, 0.2) is 34.9 Å². The summed E-state index contributed by atoms with van der Waals surface area (Å²) in [5.41, 5.74) is 2.04. The molecule has 0 saturated carbocycles. The Bertz CT molecular complexity index is 453. The van der Waals surface area contributed by atoms with Crippen LogP contribution in [0.25, 0.3) is 0 Å². The smallest absolute Gasteiger partial charge is 0.164 e. The van der Waals surface area contributed by atoms with Crippen molar-refractivity contribution in [1.29, 1.82) is 0 Å². The SMILES string of the molecule is Cc1ncccc1NCc1ccc(I)o1. The van der Waals surface area contributed by atoms with Crippen LogP contribution in [-0.4, -0.2) is 4.98 Å². The molecule has 0 unspecified atom stereocenters. The summed E-state index contributed by atoms with van der Waals surface area (Å²) < 4.78 is 6.36. The summed E-state index contributed by atoms with van der Waals surface area (Å²) in [4.78, 5) is 4.20. The average Bonchev–Trinajstić information content (AvgIpc) is 2.63. The molecule has 3 nitrogen and oxygen atoms in total. The molecule has 0 fully saturated rings. The number of nitrogens with zero attached hydrogens (tertiary/aromatic N) is 1. The molecule has 0 aromatic carbocycles. The van der Waals surface area contributed by atoms with Gasteiger partial charge in [-0.05, 0) is 53.8 Å². The zero-order valence-corrected chi connectivity index (χ0v) is 10.5. The standard InChI is InChI=1S/C11H11IN2O/c1-8-10(3-2-6-13-8)14-7-9-4-5-11(12)15-9/h2-6,14H,7H2,1H3. The van der Waals surface area contributed by atoms with Crippen molar-refractivity contribution in [3.8, 4) is 0 Å². The molecule has 2 aromatic rings. The number of aromatic nitrogens is 1. The van der Waals surface area contributed by atoms with Crippen molar-refractivity contribution in [2.45, 2.75) is 13.5 Å². The largest absolute Gasteiger partial charge is 0.454 e. The Morgan fingerprint density at radius 3 is 2.93 bits per heavy atom. The molecule has 15 heavy (non-hydrogen) atoms. The molecule has 2 aromatic heterocycles. The van der Waals surface area contributed by atoms with E-state index in [1.807, 2.05) is 31.2 Å². The summed E-state index contributed by atoms with van der Waals surface area (Å²) in [5.74, 6) is 0.933. The normalized spacial score (nSPS) is 10.3. The second-order valence-corrected chi connectivity index (χ2v) is 4.26. The highest BCUT2D eigenvalue weighted by Crippen LogP contribution is 2.14. The minimum absolute atomic E-state index is 0.690. The molecular formula is C11H11IN2O. The van der Waals surface area contributed by atoms with Crippen molar-refractivity contribution < 1.29 is 4.42 Å². The van der Waals surface area contributed by atoms with Gasteiger partial charge in [-0.3, -0.25) is 4.98 Å². The minimum atomic E-state index is 0.690. The first-order valence-corrected chi connectivity index (χ1v) is 5.73. The molecule has 0 saturated heterocycles. The number of rotatable bonds is 3. The van der Waals surface area contributed by atoms with Gasteiger partial charge < -0.3 is 9.73 Å². The molecule has 0 radical (unpaired) electrons. The Kier molecular flexibility index (Phi) is 3.25. The zero-order valence-electron chi connectivity index (χ0n) is 8.33. The van der Waals surface area contributed by atoms with Gasteiger partial charge in [-0.25, -0.2) is 0 Å². The van der Waals surface area contributed by atoms with Gasteiger partial charge in [0.1, 0.15) is 5.76 Å². The second-order valence-electron chi connectivity index (χ2n) is 3.20. The van der Waals surface area contributed by atoms with Gasteiger partial charge in [0, 0.05) is 6.20 Å². The third-order valence-corrected chi connectivity index (χ3v) is 2.67. The summed E-state index contributed by atoms with van der Waals surface area (Å²) in [6.07, 6.45) is 1.79. The summed E-state index contributed by atoms with van der Waals surface area (Å²) in [5, 5.41) is 3.28. The number of aryl methyl sites for hydroxylation is 1. The Balaban J connectivity index is 2.02. The molecular weight excluding hydrogens is 303 g/mol. The zero-order chi connectivity index (χ0) is 10.7.